The molecule has 0 saturated heterocycles. The second-order valence-electron chi connectivity index (χ2n) is 4.40. The fourth-order valence-electron chi connectivity index (χ4n) is 2.04. The Balaban J connectivity index is 1.89. The van der Waals surface area contributed by atoms with Gasteiger partial charge in [0.1, 0.15) is 0 Å². The first-order chi connectivity index (χ1) is 9.84. The molecule has 1 aromatic heterocycles. The number of hydrogen-bond donors (Lipinski definition) is 0. The summed E-state index contributed by atoms with van der Waals surface area (Å²) in [4.78, 5) is 12.2. The molecule has 3 aromatic rings. The Bertz CT molecular complexity index is 707. The minimum atomic E-state index is -0.0421. The average molecular weight is 260 g/mol. The molecule has 3 heteroatoms. The van der Waals surface area contributed by atoms with Crippen LogP contribution in [-0.2, 0) is 0 Å². The molecule has 0 atom stereocenters. The lowest BCUT2D eigenvalue weighted by molar-refractivity contribution is 0.103. The van der Waals surface area contributed by atoms with Crippen molar-refractivity contribution in [1.29, 1.82) is 0 Å². The molecule has 1 heterocycles. The number of hydrogen-bond acceptors (Lipinski definition) is 3. The molecule has 0 aliphatic heterocycles. The zero-order valence-corrected chi connectivity index (χ0v) is 10.7. The summed E-state index contributed by atoms with van der Waals surface area (Å²) < 4.78 is 0. The van der Waals surface area contributed by atoms with E-state index < -0.39 is 0 Å². The quantitative estimate of drug-likeness (QED) is 0.678. The van der Waals surface area contributed by atoms with Crippen molar-refractivity contribution in [2.75, 3.05) is 0 Å². The van der Waals surface area contributed by atoms with Gasteiger partial charge in [0.25, 0.3) is 0 Å². The first-order valence-electron chi connectivity index (χ1n) is 6.31. The second kappa shape index (κ2) is 5.45. The highest BCUT2D eigenvalue weighted by atomic mass is 16.1. The first-order valence-corrected chi connectivity index (χ1v) is 6.31. The van der Waals surface area contributed by atoms with Gasteiger partial charge in [-0.25, -0.2) is 0 Å². The average Bonchev–Trinajstić information content (AvgIpc) is 2.56. The van der Waals surface area contributed by atoms with Gasteiger partial charge >= 0.3 is 0 Å². The SMILES string of the molecule is O=C(c1ccc(-c2ccccc2)cc1)c1ccnnc1. The molecule has 20 heavy (non-hydrogen) atoms. The Kier molecular flexibility index (Phi) is 3.33. The molecule has 2 aromatic carbocycles. The van der Waals surface area contributed by atoms with E-state index in [1.54, 1.807) is 6.07 Å². The van der Waals surface area contributed by atoms with Crippen LogP contribution in [0, 0.1) is 0 Å². The fraction of sp³-hybridized carbons (Fsp3) is 0. The van der Waals surface area contributed by atoms with Crippen molar-refractivity contribution in [3.8, 4) is 11.1 Å². The smallest absolute Gasteiger partial charge is 0.194 e. The molecular weight excluding hydrogens is 248 g/mol. The highest BCUT2D eigenvalue weighted by Gasteiger charge is 2.09. The molecule has 0 fully saturated rings. The predicted octanol–water partition coefficient (Wildman–Crippen LogP) is 3.37. The maximum Gasteiger partial charge on any atom is 0.194 e. The zero-order valence-electron chi connectivity index (χ0n) is 10.7. The summed E-state index contributed by atoms with van der Waals surface area (Å²) in [6.45, 7) is 0. The van der Waals surface area contributed by atoms with Crippen molar-refractivity contribution >= 4 is 5.78 Å². The molecule has 3 nitrogen and oxygen atoms in total. The molecule has 0 amide bonds. The molecule has 0 N–H and O–H groups in total. The standard InChI is InChI=1S/C17H12N2O/c20-17(16-10-11-18-19-12-16)15-8-6-14(7-9-15)13-4-2-1-3-5-13/h1-12H. The molecule has 0 spiro atoms. The lowest BCUT2D eigenvalue weighted by atomic mass is 10.0. The van der Waals surface area contributed by atoms with Crippen LogP contribution >= 0.6 is 0 Å². The van der Waals surface area contributed by atoms with Gasteiger partial charge in [-0.15, -0.1) is 0 Å². The van der Waals surface area contributed by atoms with Crippen molar-refractivity contribution in [1.82, 2.24) is 10.2 Å². The minimum Gasteiger partial charge on any atom is -0.289 e. The Morgan fingerprint density at radius 2 is 1.40 bits per heavy atom. The fourth-order valence-corrected chi connectivity index (χ4v) is 2.04. The lowest BCUT2D eigenvalue weighted by Gasteiger charge is -2.04. The normalized spacial score (nSPS) is 10.2. The predicted molar refractivity (Wildman–Crippen MR) is 77.3 cm³/mol. The van der Waals surface area contributed by atoms with Crippen LogP contribution < -0.4 is 0 Å². The van der Waals surface area contributed by atoms with Crippen LogP contribution in [0.4, 0.5) is 0 Å². The van der Waals surface area contributed by atoms with E-state index in [1.807, 2.05) is 54.6 Å². The topological polar surface area (TPSA) is 42.9 Å². The maximum absolute atomic E-state index is 12.2. The van der Waals surface area contributed by atoms with Crippen molar-refractivity contribution in [3.63, 3.8) is 0 Å². The van der Waals surface area contributed by atoms with Crippen LogP contribution in [0.5, 0.6) is 0 Å². The molecule has 0 aliphatic carbocycles. The summed E-state index contributed by atoms with van der Waals surface area (Å²) in [7, 11) is 0. The molecule has 0 saturated carbocycles. The summed E-state index contributed by atoms with van der Waals surface area (Å²) in [6.07, 6.45) is 3.00. The first kappa shape index (κ1) is 12.2. The van der Waals surface area contributed by atoms with Crippen molar-refractivity contribution < 1.29 is 4.79 Å². The van der Waals surface area contributed by atoms with E-state index in [-0.39, 0.29) is 5.78 Å². The number of ketones is 1. The van der Waals surface area contributed by atoms with Gasteiger partial charge in [-0.3, -0.25) is 4.79 Å². The van der Waals surface area contributed by atoms with Gasteiger partial charge in [-0.2, -0.15) is 10.2 Å². The summed E-state index contributed by atoms with van der Waals surface area (Å²) >= 11 is 0. The molecule has 0 unspecified atom stereocenters. The number of nitrogens with zero attached hydrogens (tertiary/aromatic N) is 2. The summed E-state index contributed by atoms with van der Waals surface area (Å²) in [6, 6.07) is 19.3. The Morgan fingerprint density at radius 1 is 0.700 bits per heavy atom. The van der Waals surface area contributed by atoms with E-state index in [0.29, 0.717) is 11.1 Å². The van der Waals surface area contributed by atoms with Gasteiger partial charge in [0.15, 0.2) is 5.78 Å². The maximum atomic E-state index is 12.2. The summed E-state index contributed by atoms with van der Waals surface area (Å²) in [5.41, 5.74) is 3.43. The number of carbonyl (C=O) groups excluding carboxylic acids is 1. The number of rotatable bonds is 3. The van der Waals surface area contributed by atoms with Crippen molar-refractivity contribution in [2.24, 2.45) is 0 Å². The van der Waals surface area contributed by atoms with Gasteiger partial charge in [0.05, 0.1) is 12.4 Å². The van der Waals surface area contributed by atoms with E-state index in [1.165, 1.54) is 12.4 Å². The van der Waals surface area contributed by atoms with E-state index >= 15 is 0 Å². The Hall–Kier alpha value is -2.81. The van der Waals surface area contributed by atoms with Crippen molar-refractivity contribution in [2.45, 2.75) is 0 Å². The van der Waals surface area contributed by atoms with Gasteiger partial charge in [-0.05, 0) is 17.2 Å². The molecule has 0 bridgehead atoms. The Morgan fingerprint density at radius 3 is 2.05 bits per heavy atom. The van der Waals surface area contributed by atoms with Crippen LogP contribution in [0.15, 0.2) is 73.1 Å². The molecule has 3 rings (SSSR count). The molecular formula is C17H12N2O. The van der Waals surface area contributed by atoms with E-state index in [2.05, 4.69) is 10.2 Å². The summed E-state index contributed by atoms with van der Waals surface area (Å²) in [5, 5.41) is 7.40. The van der Waals surface area contributed by atoms with Crippen LogP contribution in [0.2, 0.25) is 0 Å². The van der Waals surface area contributed by atoms with Gasteiger partial charge in [0, 0.05) is 11.1 Å². The highest BCUT2D eigenvalue weighted by molar-refractivity contribution is 6.08. The van der Waals surface area contributed by atoms with E-state index in [4.69, 9.17) is 0 Å². The third-order valence-corrected chi connectivity index (χ3v) is 3.10. The van der Waals surface area contributed by atoms with E-state index in [0.717, 1.165) is 11.1 Å². The van der Waals surface area contributed by atoms with Gasteiger partial charge < -0.3 is 0 Å². The van der Waals surface area contributed by atoms with Crippen LogP contribution in [0.1, 0.15) is 15.9 Å². The van der Waals surface area contributed by atoms with Crippen LogP contribution in [0.3, 0.4) is 0 Å². The molecule has 0 aliphatic rings. The third kappa shape index (κ3) is 2.47. The number of benzene rings is 2. The van der Waals surface area contributed by atoms with Gasteiger partial charge in [-0.1, -0.05) is 54.6 Å². The lowest BCUT2D eigenvalue weighted by Crippen LogP contribution is -2.01. The van der Waals surface area contributed by atoms with Crippen molar-refractivity contribution in [3.05, 3.63) is 84.2 Å². The van der Waals surface area contributed by atoms with E-state index in [9.17, 15) is 4.79 Å². The molecule has 96 valence electrons. The van der Waals surface area contributed by atoms with Crippen LogP contribution in [-0.4, -0.2) is 16.0 Å². The number of carbonyl (C=O) groups is 1. The largest absolute Gasteiger partial charge is 0.289 e. The third-order valence-electron chi connectivity index (χ3n) is 3.10. The van der Waals surface area contributed by atoms with Gasteiger partial charge in [0.2, 0.25) is 0 Å². The monoisotopic (exact) mass is 260 g/mol. The summed E-state index contributed by atoms with van der Waals surface area (Å²) in [5.74, 6) is -0.0421. The number of aromatic nitrogens is 2. The van der Waals surface area contributed by atoms with Crippen LogP contribution in [0.25, 0.3) is 11.1 Å². The minimum absolute atomic E-state index is 0.0421. The zero-order chi connectivity index (χ0) is 13.8. The molecule has 0 radical (unpaired) electrons. The second-order valence-corrected chi connectivity index (χ2v) is 4.40. The highest BCUT2D eigenvalue weighted by Crippen LogP contribution is 2.20. The Labute approximate surface area is 116 Å².